The number of primary amides is 1. The van der Waals surface area contributed by atoms with E-state index < -0.39 is 66.8 Å². The Kier molecular flexibility index (Phi) is 12.9. The molecule has 0 radical (unpaired) electrons. The zero-order valence-electron chi connectivity index (χ0n) is 19.3. The number of amides is 4. The number of hydrogen-bond acceptors (Lipinski definition) is 8. The molecule has 11 N–H and O–H groups in total. The van der Waals surface area contributed by atoms with Crippen LogP contribution in [0, 0.1) is 0 Å². The molecule has 13 heteroatoms. The van der Waals surface area contributed by atoms with E-state index >= 15 is 0 Å². The smallest absolute Gasteiger partial charge is 0.326 e. The summed E-state index contributed by atoms with van der Waals surface area (Å²) in [6.07, 6.45) is 0.930. The first-order valence-electron chi connectivity index (χ1n) is 11.1. The Labute approximate surface area is 202 Å². The molecule has 0 bridgehead atoms. The van der Waals surface area contributed by atoms with E-state index in [4.69, 9.17) is 17.2 Å². The predicted octanol–water partition coefficient (Wildman–Crippen LogP) is -2.91. The quantitative estimate of drug-likeness (QED) is 0.110. The molecule has 4 atom stereocenters. The fraction of sp³-hybridized carbons (Fsp3) is 0.500. The minimum Gasteiger partial charge on any atom is -0.480 e. The summed E-state index contributed by atoms with van der Waals surface area (Å²) in [4.78, 5) is 60.5. The molecule has 4 amide bonds. The van der Waals surface area contributed by atoms with Crippen LogP contribution in [-0.2, 0) is 30.4 Å². The Bertz CT molecular complexity index is 867. The summed E-state index contributed by atoms with van der Waals surface area (Å²) in [5.74, 6) is -4.85. The minimum atomic E-state index is -1.60. The second-order valence-electron chi connectivity index (χ2n) is 7.96. The number of carbonyl (C=O) groups is 5. The number of aliphatic hydroxyl groups excluding tert-OH is 1. The lowest BCUT2D eigenvalue weighted by Gasteiger charge is -2.24. The molecule has 1 aromatic carbocycles. The van der Waals surface area contributed by atoms with Gasteiger partial charge in [-0.05, 0) is 24.9 Å². The van der Waals surface area contributed by atoms with Crippen molar-refractivity contribution in [3.63, 3.8) is 0 Å². The van der Waals surface area contributed by atoms with Crippen LogP contribution in [0.2, 0.25) is 0 Å². The van der Waals surface area contributed by atoms with E-state index in [9.17, 15) is 34.2 Å². The van der Waals surface area contributed by atoms with Crippen molar-refractivity contribution in [2.75, 3.05) is 13.2 Å². The van der Waals surface area contributed by atoms with Gasteiger partial charge in [-0.3, -0.25) is 19.2 Å². The van der Waals surface area contributed by atoms with Gasteiger partial charge in [0, 0.05) is 6.42 Å². The number of nitrogens with one attached hydrogen (secondary N) is 3. The van der Waals surface area contributed by atoms with E-state index in [0.29, 0.717) is 31.4 Å². The summed E-state index contributed by atoms with van der Waals surface area (Å²) in [5.41, 5.74) is 16.9. The molecule has 0 aliphatic rings. The monoisotopic (exact) mass is 494 g/mol. The molecular weight excluding hydrogens is 460 g/mol. The number of nitrogens with two attached hydrogens (primary N) is 3. The van der Waals surface area contributed by atoms with Gasteiger partial charge >= 0.3 is 5.97 Å². The standard InChI is InChI=1S/C22H34N6O7/c23-9-5-4-8-14(24)19(31)28-17(12-29)21(33)26-15(10-13-6-2-1-3-7-13)20(32)27-16(22(34)35)11-18(25)30/h1-3,6-7,14-17,29H,4-5,8-12,23-24H2,(H2,25,30)(H,26,33)(H,27,32)(H,28,31)(H,34,35). The number of carbonyl (C=O) groups excluding carboxylic acids is 4. The van der Waals surface area contributed by atoms with Crippen molar-refractivity contribution in [1.29, 1.82) is 0 Å². The van der Waals surface area contributed by atoms with Crippen molar-refractivity contribution in [3.8, 4) is 0 Å². The van der Waals surface area contributed by atoms with Crippen LogP contribution in [0.3, 0.4) is 0 Å². The number of carboxylic acid groups (broad SMARTS) is 1. The summed E-state index contributed by atoms with van der Waals surface area (Å²) < 4.78 is 0. The van der Waals surface area contributed by atoms with Crippen molar-refractivity contribution in [2.24, 2.45) is 17.2 Å². The summed E-state index contributed by atoms with van der Waals surface area (Å²) in [5, 5.41) is 25.9. The highest BCUT2D eigenvalue weighted by atomic mass is 16.4. The molecule has 194 valence electrons. The van der Waals surface area contributed by atoms with E-state index in [0.717, 1.165) is 0 Å². The van der Waals surface area contributed by atoms with E-state index in [2.05, 4.69) is 16.0 Å². The first kappa shape index (κ1) is 29.5. The van der Waals surface area contributed by atoms with E-state index in [-0.39, 0.29) is 6.42 Å². The Hall–Kier alpha value is -3.55. The van der Waals surface area contributed by atoms with Crippen LogP contribution < -0.4 is 33.2 Å². The number of carboxylic acids is 1. The largest absolute Gasteiger partial charge is 0.480 e. The van der Waals surface area contributed by atoms with E-state index in [1.54, 1.807) is 30.3 Å². The van der Waals surface area contributed by atoms with Gasteiger partial charge in [-0.2, -0.15) is 0 Å². The lowest BCUT2D eigenvalue weighted by atomic mass is 10.0. The average molecular weight is 495 g/mol. The van der Waals surface area contributed by atoms with Crippen molar-refractivity contribution in [2.45, 2.75) is 56.3 Å². The molecule has 0 saturated carbocycles. The van der Waals surface area contributed by atoms with Gasteiger partial charge < -0.3 is 43.4 Å². The molecule has 35 heavy (non-hydrogen) atoms. The average Bonchev–Trinajstić information content (AvgIpc) is 2.81. The molecule has 0 aliphatic carbocycles. The molecule has 0 saturated heterocycles. The molecule has 0 fully saturated rings. The molecule has 0 aromatic heterocycles. The number of rotatable bonds is 16. The van der Waals surface area contributed by atoms with Crippen molar-refractivity contribution in [1.82, 2.24) is 16.0 Å². The number of benzene rings is 1. The second-order valence-corrected chi connectivity index (χ2v) is 7.96. The van der Waals surface area contributed by atoms with Gasteiger partial charge in [-0.25, -0.2) is 4.79 Å². The molecule has 4 unspecified atom stereocenters. The summed E-state index contributed by atoms with van der Waals surface area (Å²) in [7, 11) is 0. The highest BCUT2D eigenvalue weighted by Gasteiger charge is 2.30. The van der Waals surface area contributed by atoms with E-state index in [1.807, 2.05) is 0 Å². The van der Waals surface area contributed by atoms with Gasteiger partial charge in [0.1, 0.15) is 18.1 Å². The van der Waals surface area contributed by atoms with Gasteiger partial charge in [-0.1, -0.05) is 36.8 Å². The van der Waals surface area contributed by atoms with Gasteiger partial charge in [0.15, 0.2) is 0 Å². The maximum Gasteiger partial charge on any atom is 0.326 e. The van der Waals surface area contributed by atoms with Crippen molar-refractivity contribution < 1.29 is 34.2 Å². The molecule has 0 aliphatic heterocycles. The van der Waals surface area contributed by atoms with Crippen LogP contribution in [0.15, 0.2) is 30.3 Å². The fourth-order valence-electron chi connectivity index (χ4n) is 3.12. The number of aliphatic hydroxyl groups is 1. The van der Waals surface area contributed by atoms with Gasteiger partial charge in [0.25, 0.3) is 0 Å². The van der Waals surface area contributed by atoms with Crippen LogP contribution in [0.4, 0.5) is 0 Å². The summed E-state index contributed by atoms with van der Waals surface area (Å²) in [6, 6.07) is 3.33. The number of aliphatic carboxylic acids is 1. The number of hydrogen-bond donors (Lipinski definition) is 8. The SMILES string of the molecule is NCCCCC(N)C(=O)NC(CO)C(=O)NC(Cc1ccccc1)C(=O)NC(CC(N)=O)C(=O)O. The Morgan fingerprint density at radius 1 is 0.857 bits per heavy atom. The van der Waals surface area contributed by atoms with Gasteiger partial charge in [-0.15, -0.1) is 0 Å². The summed E-state index contributed by atoms with van der Waals surface area (Å²) in [6.45, 7) is -0.324. The molecule has 1 rings (SSSR count). The Morgan fingerprint density at radius 2 is 1.43 bits per heavy atom. The van der Waals surface area contributed by atoms with Crippen molar-refractivity contribution in [3.05, 3.63) is 35.9 Å². The van der Waals surface area contributed by atoms with Crippen molar-refractivity contribution >= 4 is 29.6 Å². The third kappa shape index (κ3) is 10.9. The second kappa shape index (κ2) is 15.4. The number of unbranched alkanes of at least 4 members (excludes halogenated alkanes) is 1. The Morgan fingerprint density at radius 3 is 1.97 bits per heavy atom. The van der Waals surface area contributed by atoms with Crippen LogP contribution >= 0.6 is 0 Å². The van der Waals surface area contributed by atoms with Crippen LogP contribution in [0.1, 0.15) is 31.2 Å². The maximum absolute atomic E-state index is 12.8. The minimum absolute atomic E-state index is 0.0357. The molecule has 0 spiro atoms. The van der Waals surface area contributed by atoms with Crippen LogP contribution in [0.25, 0.3) is 0 Å². The van der Waals surface area contributed by atoms with Crippen LogP contribution in [-0.4, -0.2) is 77.1 Å². The Balaban J connectivity index is 2.96. The highest BCUT2D eigenvalue weighted by Crippen LogP contribution is 2.06. The molecule has 1 aromatic rings. The summed E-state index contributed by atoms with van der Waals surface area (Å²) >= 11 is 0. The first-order valence-corrected chi connectivity index (χ1v) is 11.1. The third-order valence-corrected chi connectivity index (χ3v) is 5.06. The highest BCUT2D eigenvalue weighted by molar-refractivity contribution is 5.95. The maximum atomic E-state index is 12.8. The third-order valence-electron chi connectivity index (χ3n) is 5.06. The topological polar surface area (TPSA) is 240 Å². The van der Waals surface area contributed by atoms with E-state index in [1.165, 1.54) is 0 Å². The molecule has 13 nitrogen and oxygen atoms in total. The lowest BCUT2D eigenvalue weighted by Crippen LogP contribution is -2.58. The predicted molar refractivity (Wildman–Crippen MR) is 125 cm³/mol. The zero-order chi connectivity index (χ0) is 26.4. The molecule has 0 heterocycles. The first-order chi connectivity index (χ1) is 16.6. The van der Waals surface area contributed by atoms with Crippen LogP contribution in [0.5, 0.6) is 0 Å². The van der Waals surface area contributed by atoms with Gasteiger partial charge in [0.05, 0.1) is 19.1 Å². The van der Waals surface area contributed by atoms with Gasteiger partial charge in [0.2, 0.25) is 23.6 Å². The zero-order valence-corrected chi connectivity index (χ0v) is 19.3. The lowest BCUT2D eigenvalue weighted by molar-refractivity contribution is -0.143. The molecular formula is C22H34N6O7. The fourth-order valence-corrected chi connectivity index (χ4v) is 3.12. The normalized spacial score (nSPS) is 14.1.